The summed E-state index contributed by atoms with van der Waals surface area (Å²) in [6.07, 6.45) is 1.09. The number of likely N-dealkylation sites (tertiary alicyclic amines) is 1. The van der Waals surface area contributed by atoms with Gasteiger partial charge in [-0.1, -0.05) is 26.0 Å². The maximum Gasteiger partial charge on any atom is 0.322 e. The highest BCUT2D eigenvalue weighted by Crippen LogP contribution is 2.29. The lowest BCUT2D eigenvalue weighted by Crippen LogP contribution is -2.41. The Balaban J connectivity index is 1.66. The Bertz CT molecular complexity index is 532. The highest BCUT2D eigenvalue weighted by molar-refractivity contribution is 5.91. The van der Waals surface area contributed by atoms with Crippen molar-refractivity contribution in [1.82, 2.24) is 10.2 Å². The summed E-state index contributed by atoms with van der Waals surface area (Å²) in [4.78, 5) is 14.5. The van der Waals surface area contributed by atoms with Gasteiger partial charge in [-0.15, -0.1) is 0 Å². The fraction of sp³-hybridized carbons (Fsp3) is 0.588. The molecule has 2 aliphatic rings. The summed E-state index contributed by atoms with van der Waals surface area (Å²) in [7, 11) is 0. The van der Waals surface area contributed by atoms with Gasteiger partial charge in [0.05, 0.1) is 12.3 Å². The molecule has 3 rings (SSSR count). The first-order valence-electron chi connectivity index (χ1n) is 8.15. The second kappa shape index (κ2) is 6.57. The molecule has 22 heavy (non-hydrogen) atoms. The Kier molecular flexibility index (Phi) is 4.52. The van der Waals surface area contributed by atoms with Gasteiger partial charge in [0, 0.05) is 25.7 Å². The van der Waals surface area contributed by atoms with Gasteiger partial charge >= 0.3 is 6.03 Å². The lowest BCUT2D eigenvalue weighted by atomic mass is 10.1. The number of nitrogens with one attached hydrogen (secondary N) is 2. The molecule has 0 unspecified atom stereocenters. The van der Waals surface area contributed by atoms with E-state index in [9.17, 15) is 4.79 Å². The molecule has 2 fully saturated rings. The maximum atomic E-state index is 12.6. The van der Waals surface area contributed by atoms with Gasteiger partial charge in [0.1, 0.15) is 5.75 Å². The number of nitrogens with zero attached hydrogens (tertiary/aromatic N) is 1. The van der Waals surface area contributed by atoms with Gasteiger partial charge in [0.15, 0.2) is 0 Å². The molecule has 0 radical (unpaired) electrons. The lowest BCUT2D eigenvalue weighted by molar-refractivity contribution is 0.206. The van der Waals surface area contributed by atoms with E-state index in [-0.39, 0.29) is 6.03 Å². The van der Waals surface area contributed by atoms with Crippen LogP contribution in [-0.4, -0.2) is 43.2 Å². The molecule has 1 aromatic rings. The number of anilines is 1. The minimum atomic E-state index is -0.0169. The first-order chi connectivity index (χ1) is 10.6. The Morgan fingerprint density at radius 2 is 2.23 bits per heavy atom. The van der Waals surface area contributed by atoms with Gasteiger partial charge < -0.3 is 20.3 Å². The Hall–Kier alpha value is -1.75. The molecule has 2 atom stereocenters. The number of rotatable bonds is 4. The molecule has 2 aliphatic heterocycles. The Morgan fingerprint density at radius 1 is 1.41 bits per heavy atom. The fourth-order valence-corrected chi connectivity index (χ4v) is 3.24. The molecule has 0 spiro atoms. The summed E-state index contributed by atoms with van der Waals surface area (Å²) in [5.41, 5.74) is 0.752. The molecule has 0 aromatic heterocycles. The van der Waals surface area contributed by atoms with Crippen molar-refractivity contribution in [2.45, 2.75) is 26.3 Å². The van der Waals surface area contributed by atoms with E-state index in [0.717, 1.165) is 37.5 Å². The molecule has 1 aromatic carbocycles. The quantitative estimate of drug-likeness (QED) is 0.899. The first-order valence-corrected chi connectivity index (χ1v) is 8.15. The van der Waals surface area contributed by atoms with Gasteiger partial charge in [-0.2, -0.15) is 0 Å². The Morgan fingerprint density at radius 3 is 3.05 bits per heavy atom. The molecule has 2 amide bonds. The number of fused-ring (bicyclic) bond motifs is 1. The monoisotopic (exact) mass is 303 g/mol. The van der Waals surface area contributed by atoms with E-state index in [2.05, 4.69) is 24.5 Å². The molecule has 0 saturated carbocycles. The third-order valence-electron chi connectivity index (χ3n) is 4.41. The largest absolute Gasteiger partial charge is 0.491 e. The Labute approximate surface area is 132 Å². The van der Waals surface area contributed by atoms with E-state index < -0.39 is 0 Å². The summed E-state index contributed by atoms with van der Waals surface area (Å²) < 4.78 is 5.80. The van der Waals surface area contributed by atoms with Crippen LogP contribution < -0.4 is 15.4 Å². The summed E-state index contributed by atoms with van der Waals surface area (Å²) in [5, 5.41) is 6.39. The molecule has 2 N–H and O–H groups in total. The molecule has 0 bridgehead atoms. The molecule has 2 heterocycles. The summed E-state index contributed by atoms with van der Waals surface area (Å²) in [5.74, 6) is 1.80. The number of para-hydroxylation sites is 2. The van der Waals surface area contributed by atoms with Gasteiger partial charge in [0.25, 0.3) is 0 Å². The zero-order valence-corrected chi connectivity index (χ0v) is 13.3. The number of ether oxygens (including phenoxy) is 1. The van der Waals surface area contributed by atoms with Crippen molar-refractivity contribution in [2.75, 3.05) is 31.6 Å². The second-order valence-corrected chi connectivity index (χ2v) is 6.60. The summed E-state index contributed by atoms with van der Waals surface area (Å²) >= 11 is 0. The average molecular weight is 303 g/mol. The number of carbonyl (C=O) groups excluding carboxylic acids is 1. The number of hydrogen-bond donors (Lipinski definition) is 2. The number of carbonyl (C=O) groups is 1. The van der Waals surface area contributed by atoms with Gasteiger partial charge in [-0.25, -0.2) is 4.79 Å². The number of hydrogen-bond acceptors (Lipinski definition) is 3. The fourth-order valence-electron chi connectivity index (χ4n) is 3.24. The third-order valence-corrected chi connectivity index (χ3v) is 4.41. The predicted molar refractivity (Wildman–Crippen MR) is 87.3 cm³/mol. The average Bonchev–Trinajstić information content (AvgIpc) is 3.08. The lowest BCUT2D eigenvalue weighted by Gasteiger charge is -2.24. The van der Waals surface area contributed by atoms with Crippen molar-refractivity contribution >= 4 is 11.7 Å². The van der Waals surface area contributed by atoms with Crippen LogP contribution in [0.2, 0.25) is 0 Å². The van der Waals surface area contributed by atoms with E-state index >= 15 is 0 Å². The van der Waals surface area contributed by atoms with Crippen LogP contribution in [0.3, 0.4) is 0 Å². The third kappa shape index (κ3) is 3.19. The first kappa shape index (κ1) is 15.2. The van der Waals surface area contributed by atoms with E-state index in [1.165, 1.54) is 0 Å². The number of benzene rings is 1. The predicted octanol–water partition coefficient (Wildman–Crippen LogP) is 2.55. The summed E-state index contributed by atoms with van der Waals surface area (Å²) in [6.45, 7) is 7.65. The van der Waals surface area contributed by atoms with Crippen LogP contribution >= 0.6 is 0 Å². The smallest absolute Gasteiger partial charge is 0.322 e. The molecule has 2 saturated heterocycles. The van der Waals surface area contributed by atoms with Crippen LogP contribution in [0, 0.1) is 11.8 Å². The van der Waals surface area contributed by atoms with Crippen molar-refractivity contribution in [1.29, 1.82) is 0 Å². The standard InChI is InChI=1S/C17H25N3O2/c1-12(2)11-22-16-6-4-3-5-14(16)19-17(21)20-8-7-13-9-18-10-15(13)20/h3-6,12-13,15,18H,7-11H2,1-2H3,(H,19,21)/t13-,15+/m1/s1. The SMILES string of the molecule is CC(C)COc1ccccc1NC(=O)N1CC[C@@H]2CNC[C@@H]21. The molecule has 0 aliphatic carbocycles. The van der Waals surface area contributed by atoms with Crippen molar-refractivity contribution < 1.29 is 9.53 Å². The normalized spacial score (nSPS) is 23.7. The van der Waals surface area contributed by atoms with Crippen LogP contribution in [0.1, 0.15) is 20.3 Å². The van der Waals surface area contributed by atoms with E-state index in [1.807, 2.05) is 29.2 Å². The van der Waals surface area contributed by atoms with Crippen LogP contribution in [-0.2, 0) is 0 Å². The van der Waals surface area contributed by atoms with Crippen LogP contribution in [0.4, 0.5) is 10.5 Å². The molecule has 120 valence electrons. The molecule has 5 nitrogen and oxygen atoms in total. The summed E-state index contributed by atoms with van der Waals surface area (Å²) in [6, 6.07) is 7.97. The minimum absolute atomic E-state index is 0.0169. The zero-order chi connectivity index (χ0) is 15.5. The highest BCUT2D eigenvalue weighted by atomic mass is 16.5. The molecular weight excluding hydrogens is 278 g/mol. The van der Waals surface area contributed by atoms with Gasteiger partial charge in [0.2, 0.25) is 0 Å². The van der Waals surface area contributed by atoms with Gasteiger partial charge in [-0.3, -0.25) is 0 Å². The molecular formula is C17H25N3O2. The van der Waals surface area contributed by atoms with Crippen LogP contribution in [0.25, 0.3) is 0 Å². The second-order valence-electron chi connectivity index (χ2n) is 6.60. The number of urea groups is 1. The van der Waals surface area contributed by atoms with Crippen molar-refractivity contribution in [3.05, 3.63) is 24.3 Å². The topological polar surface area (TPSA) is 53.6 Å². The zero-order valence-electron chi connectivity index (χ0n) is 13.3. The van der Waals surface area contributed by atoms with Crippen LogP contribution in [0.5, 0.6) is 5.75 Å². The molecule has 5 heteroatoms. The number of amides is 2. The van der Waals surface area contributed by atoms with Crippen molar-refractivity contribution in [3.63, 3.8) is 0 Å². The van der Waals surface area contributed by atoms with E-state index in [4.69, 9.17) is 4.74 Å². The minimum Gasteiger partial charge on any atom is -0.491 e. The van der Waals surface area contributed by atoms with Gasteiger partial charge in [-0.05, 0) is 30.4 Å². The highest BCUT2D eigenvalue weighted by Gasteiger charge is 2.39. The van der Waals surface area contributed by atoms with E-state index in [1.54, 1.807) is 0 Å². The van der Waals surface area contributed by atoms with E-state index in [0.29, 0.717) is 24.5 Å². The van der Waals surface area contributed by atoms with Crippen LogP contribution in [0.15, 0.2) is 24.3 Å². The van der Waals surface area contributed by atoms with Crippen molar-refractivity contribution in [2.24, 2.45) is 11.8 Å². The van der Waals surface area contributed by atoms with Crippen molar-refractivity contribution in [3.8, 4) is 5.75 Å². The maximum absolute atomic E-state index is 12.6.